The highest BCUT2D eigenvalue weighted by Crippen LogP contribution is 2.25. The Labute approximate surface area is 96.7 Å². The first-order valence-corrected chi connectivity index (χ1v) is 6.23. The minimum Gasteiger partial charge on any atom is -0.465 e. The van der Waals surface area contributed by atoms with Crippen LogP contribution in [0.15, 0.2) is 0 Å². The molecule has 0 aromatic rings. The van der Waals surface area contributed by atoms with Gasteiger partial charge in [-0.1, -0.05) is 12.8 Å². The standard InChI is InChI=1S/C12H21NO3/c1-13-11-8-15-7-10(11)12(14)16-6-9-4-2-3-5-9/h9-11,13H,2-8H2,1H3. The second kappa shape index (κ2) is 5.64. The summed E-state index contributed by atoms with van der Waals surface area (Å²) in [6.45, 7) is 1.71. The maximum Gasteiger partial charge on any atom is 0.312 e. The average Bonchev–Trinajstić information content (AvgIpc) is 2.96. The lowest BCUT2D eigenvalue weighted by atomic mass is 10.0. The summed E-state index contributed by atoms with van der Waals surface area (Å²) in [4.78, 5) is 11.8. The average molecular weight is 227 g/mol. The van der Waals surface area contributed by atoms with Crippen LogP contribution in [0.2, 0.25) is 0 Å². The number of rotatable bonds is 4. The Balaban J connectivity index is 1.74. The SMILES string of the molecule is CNC1COCC1C(=O)OCC1CCCC1. The van der Waals surface area contributed by atoms with Crippen LogP contribution in [0.4, 0.5) is 0 Å². The molecule has 4 nitrogen and oxygen atoms in total. The minimum absolute atomic E-state index is 0.0938. The zero-order valence-electron chi connectivity index (χ0n) is 9.91. The molecule has 1 saturated heterocycles. The van der Waals surface area contributed by atoms with E-state index in [0.717, 1.165) is 0 Å². The fraction of sp³-hybridized carbons (Fsp3) is 0.917. The Kier molecular flexibility index (Phi) is 4.18. The van der Waals surface area contributed by atoms with Crippen LogP contribution in [-0.4, -0.2) is 38.9 Å². The number of hydrogen-bond donors (Lipinski definition) is 1. The molecule has 16 heavy (non-hydrogen) atoms. The number of carbonyl (C=O) groups is 1. The molecule has 2 fully saturated rings. The number of esters is 1. The van der Waals surface area contributed by atoms with E-state index >= 15 is 0 Å². The van der Waals surface area contributed by atoms with Gasteiger partial charge in [0.15, 0.2) is 0 Å². The summed E-state index contributed by atoms with van der Waals surface area (Å²) in [5.41, 5.74) is 0. The van der Waals surface area contributed by atoms with Crippen molar-refractivity contribution in [2.75, 3.05) is 26.9 Å². The van der Waals surface area contributed by atoms with E-state index in [1.165, 1.54) is 25.7 Å². The highest BCUT2D eigenvalue weighted by atomic mass is 16.5. The molecule has 2 unspecified atom stereocenters. The lowest BCUT2D eigenvalue weighted by Gasteiger charge is -2.17. The molecule has 0 radical (unpaired) electrons. The Morgan fingerprint density at radius 1 is 1.38 bits per heavy atom. The molecule has 0 aromatic heterocycles. The van der Waals surface area contributed by atoms with Crippen LogP contribution < -0.4 is 5.32 Å². The van der Waals surface area contributed by atoms with Crippen molar-refractivity contribution >= 4 is 5.97 Å². The third kappa shape index (κ3) is 2.74. The van der Waals surface area contributed by atoms with Gasteiger partial charge in [0.1, 0.15) is 0 Å². The van der Waals surface area contributed by atoms with Crippen molar-refractivity contribution in [1.82, 2.24) is 5.32 Å². The van der Waals surface area contributed by atoms with Gasteiger partial charge >= 0.3 is 5.97 Å². The van der Waals surface area contributed by atoms with Gasteiger partial charge in [-0.05, 0) is 25.8 Å². The van der Waals surface area contributed by atoms with Gasteiger partial charge in [0.05, 0.1) is 25.7 Å². The van der Waals surface area contributed by atoms with Crippen molar-refractivity contribution in [3.05, 3.63) is 0 Å². The minimum atomic E-state index is -0.119. The normalized spacial score (nSPS) is 30.8. The van der Waals surface area contributed by atoms with Crippen molar-refractivity contribution in [2.24, 2.45) is 11.8 Å². The molecule has 92 valence electrons. The number of likely N-dealkylation sites (N-methyl/N-ethyl adjacent to an activating group) is 1. The summed E-state index contributed by atoms with van der Waals surface area (Å²) in [6.07, 6.45) is 5.00. The third-order valence-corrected chi connectivity index (χ3v) is 3.69. The fourth-order valence-corrected chi connectivity index (χ4v) is 2.56. The lowest BCUT2D eigenvalue weighted by molar-refractivity contribution is -0.150. The molecule has 1 aliphatic carbocycles. The van der Waals surface area contributed by atoms with Gasteiger partial charge in [-0.3, -0.25) is 4.79 Å². The van der Waals surface area contributed by atoms with Crippen LogP contribution in [0.3, 0.4) is 0 Å². The third-order valence-electron chi connectivity index (χ3n) is 3.69. The van der Waals surface area contributed by atoms with Gasteiger partial charge in [-0.15, -0.1) is 0 Å². The van der Waals surface area contributed by atoms with Crippen LogP contribution in [-0.2, 0) is 14.3 Å². The van der Waals surface area contributed by atoms with E-state index < -0.39 is 0 Å². The van der Waals surface area contributed by atoms with Crippen molar-refractivity contribution < 1.29 is 14.3 Å². The first-order chi connectivity index (χ1) is 7.81. The van der Waals surface area contributed by atoms with Crippen molar-refractivity contribution in [3.63, 3.8) is 0 Å². The van der Waals surface area contributed by atoms with E-state index in [-0.39, 0.29) is 17.9 Å². The fourth-order valence-electron chi connectivity index (χ4n) is 2.56. The van der Waals surface area contributed by atoms with E-state index in [4.69, 9.17) is 9.47 Å². The monoisotopic (exact) mass is 227 g/mol. The number of nitrogens with one attached hydrogen (secondary N) is 1. The Morgan fingerprint density at radius 3 is 2.81 bits per heavy atom. The van der Waals surface area contributed by atoms with Crippen molar-refractivity contribution in [1.29, 1.82) is 0 Å². The molecule has 1 aliphatic heterocycles. The van der Waals surface area contributed by atoms with E-state index in [1.54, 1.807) is 0 Å². The molecule has 0 bridgehead atoms. The number of carbonyl (C=O) groups excluding carboxylic acids is 1. The van der Waals surface area contributed by atoms with Gasteiger partial charge < -0.3 is 14.8 Å². The summed E-state index contributed by atoms with van der Waals surface area (Å²) in [6, 6.07) is 0.121. The predicted octanol–water partition coefficient (Wildman–Crippen LogP) is 0.954. The highest BCUT2D eigenvalue weighted by molar-refractivity contribution is 5.73. The molecule has 0 amide bonds. The van der Waals surface area contributed by atoms with Gasteiger partial charge in [0.2, 0.25) is 0 Å². The molecule has 0 spiro atoms. The molecule has 0 aromatic carbocycles. The Bertz CT molecular complexity index is 238. The topological polar surface area (TPSA) is 47.6 Å². The van der Waals surface area contributed by atoms with Crippen molar-refractivity contribution in [2.45, 2.75) is 31.7 Å². The Hall–Kier alpha value is -0.610. The molecule has 1 saturated carbocycles. The predicted molar refractivity (Wildman–Crippen MR) is 60.1 cm³/mol. The second-order valence-electron chi connectivity index (χ2n) is 4.82. The van der Waals surface area contributed by atoms with Crippen LogP contribution in [0.25, 0.3) is 0 Å². The molecule has 2 rings (SSSR count). The van der Waals surface area contributed by atoms with Crippen LogP contribution in [0, 0.1) is 11.8 Å². The van der Waals surface area contributed by atoms with Gasteiger partial charge in [0, 0.05) is 6.04 Å². The van der Waals surface area contributed by atoms with Gasteiger partial charge in [-0.25, -0.2) is 0 Å². The summed E-state index contributed by atoms with van der Waals surface area (Å²) >= 11 is 0. The second-order valence-corrected chi connectivity index (χ2v) is 4.82. The molecule has 2 atom stereocenters. The molecule has 2 aliphatic rings. The van der Waals surface area contributed by atoms with E-state index in [9.17, 15) is 4.79 Å². The maximum atomic E-state index is 11.8. The van der Waals surface area contributed by atoms with Crippen LogP contribution >= 0.6 is 0 Å². The molecular formula is C12H21NO3. The number of hydrogen-bond acceptors (Lipinski definition) is 4. The van der Waals surface area contributed by atoms with Crippen molar-refractivity contribution in [3.8, 4) is 0 Å². The first kappa shape index (κ1) is 11.9. The van der Waals surface area contributed by atoms with E-state index in [2.05, 4.69) is 5.32 Å². The largest absolute Gasteiger partial charge is 0.465 e. The lowest BCUT2D eigenvalue weighted by Crippen LogP contribution is -2.38. The summed E-state index contributed by atoms with van der Waals surface area (Å²) in [5, 5.41) is 3.10. The van der Waals surface area contributed by atoms with Gasteiger partial charge in [0.25, 0.3) is 0 Å². The zero-order chi connectivity index (χ0) is 11.4. The first-order valence-electron chi connectivity index (χ1n) is 6.23. The molecule has 4 heteroatoms. The summed E-state index contributed by atoms with van der Waals surface area (Å²) in [7, 11) is 1.86. The Morgan fingerprint density at radius 2 is 2.12 bits per heavy atom. The molecule has 1 N–H and O–H groups in total. The van der Waals surface area contributed by atoms with Crippen LogP contribution in [0.1, 0.15) is 25.7 Å². The smallest absolute Gasteiger partial charge is 0.312 e. The van der Waals surface area contributed by atoms with E-state index in [0.29, 0.717) is 25.7 Å². The molecule has 1 heterocycles. The zero-order valence-corrected chi connectivity index (χ0v) is 9.91. The maximum absolute atomic E-state index is 11.8. The van der Waals surface area contributed by atoms with Gasteiger partial charge in [-0.2, -0.15) is 0 Å². The molecular weight excluding hydrogens is 206 g/mol. The quantitative estimate of drug-likeness (QED) is 0.727. The van der Waals surface area contributed by atoms with Crippen LogP contribution in [0.5, 0.6) is 0 Å². The summed E-state index contributed by atoms with van der Waals surface area (Å²) in [5.74, 6) is 0.384. The highest BCUT2D eigenvalue weighted by Gasteiger charge is 2.34. The summed E-state index contributed by atoms with van der Waals surface area (Å²) < 4.78 is 10.7. The van der Waals surface area contributed by atoms with E-state index in [1.807, 2.05) is 7.05 Å². The number of ether oxygens (including phenoxy) is 2.